The van der Waals surface area contributed by atoms with E-state index in [0.29, 0.717) is 12.2 Å². The molecule has 5 heteroatoms. The number of carboxylic acid groups (broad SMARTS) is 1. The molecule has 98 valence electrons. The first-order valence-electron chi connectivity index (χ1n) is 6.15. The van der Waals surface area contributed by atoms with E-state index in [9.17, 15) is 9.90 Å². The first-order chi connectivity index (χ1) is 8.58. The Labute approximate surface area is 106 Å². The molecule has 0 saturated carbocycles. The lowest BCUT2D eigenvalue weighted by Gasteiger charge is -2.34. The maximum atomic E-state index is 11.1. The minimum Gasteiger partial charge on any atom is -0.478 e. The molecule has 0 spiro atoms. The van der Waals surface area contributed by atoms with E-state index in [1.807, 2.05) is 6.92 Å². The summed E-state index contributed by atoms with van der Waals surface area (Å²) in [4.78, 5) is 17.4. The average Bonchev–Trinajstić information content (AvgIpc) is 2.34. The number of aliphatic hydroxyl groups is 1. The van der Waals surface area contributed by atoms with Gasteiger partial charge in [0.15, 0.2) is 0 Å². The Morgan fingerprint density at radius 2 is 2.39 bits per heavy atom. The quantitative estimate of drug-likeness (QED) is 0.836. The molecule has 0 aromatic carbocycles. The standard InChI is InChI=1S/C13H18N2O3/c1-9-7-15(6-4-12(9)16)8-11-10(13(17)18)3-2-5-14-11/h2-3,5,9,12,16H,4,6-8H2,1H3,(H,17,18). The summed E-state index contributed by atoms with van der Waals surface area (Å²) in [7, 11) is 0. The van der Waals surface area contributed by atoms with Gasteiger partial charge in [-0.15, -0.1) is 0 Å². The van der Waals surface area contributed by atoms with Gasteiger partial charge in [0, 0.05) is 25.8 Å². The second-order valence-corrected chi connectivity index (χ2v) is 4.87. The lowest BCUT2D eigenvalue weighted by molar-refractivity contribution is 0.0312. The third-order valence-corrected chi connectivity index (χ3v) is 3.44. The van der Waals surface area contributed by atoms with E-state index in [1.165, 1.54) is 0 Å². The fourth-order valence-electron chi connectivity index (χ4n) is 2.33. The van der Waals surface area contributed by atoms with Gasteiger partial charge in [-0.2, -0.15) is 0 Å². The number of hydrogen-bond acceptors (Lipinski definition) is 4. The molecule has 5 nitrogen and oxygen atoms in total. The van der Waals surface area contributed by atoms with Crippen LogP contribution in [0.2, 0.25) is 0 Å². The number of carboxylic acids is 1. The SMILES string of the molecule is CC1CN(Cc2ncccc2C(=O)O)CCC1O. The minimum absolute atomic E-state index is 0.218. The summed E-state index contributed by atoms with van der Waals surface area (Å²) >= 11 is 0. The predicted molar refractivity (Wildman–Crippen MR) is 66.3 cm³/mol. The number of rotatable bonds is 3. The molecule has 1 aliphatic heterocycles. The molecule has 0 amide bonds. The molecule has 1 aromatic rings. The lowest BCUT2D eigenvalue weighted by Crippen LogP contribution is -2.41. The van der Waals surface area contributed by atoms with E-state index in [0.717, 1.165) is 19.5 Å². The summed E-state index contributed by atoms with van der Waals surface area (Å²) in [6, 6.07) is 3.21. The van der Waals surface area contributed by atoms with Crippen molar-refractivity contribution in [1.82, 2.24) is 9.88 Å². The highest BCUT2D eigenvalue weighted by Gasteiger charge is 2.25. The van der Waals surface area contributed by atoms with E-state index < -0.39 is 5.97 Å². The van der Waals surface area contributed by atoms with Crippen LogP contribution in [0.4, 0.5) is 0 Å². The van der Waals surface area contributed by atoms with Gasteiger partial charge in [0.25, 0.3) is 0 Å². The fourth-order valence-corrected chi connectivity index (χ4v) is 2.33. The zero-order valence-corrected chi connectivity index (χ0v) is 10.4. The zero-order valence-electron chi connectivity index (χ0n) is 10.4. The highest BCUT2D eigenvalue weighted by Crippen LogP contribution is 2.19. The summed E-state index contributed by atoms with van der Waals surface area (Å²) in [5.74, 6) is -0.723. The number of piperidine rings is 1. The number of nitrogens with zero attached hydrogens (tertiary/aromatic N) is 2. The van der Waals surface area contributed by atoms with Crippen LogP contribution in [0.25, 0.3) is 0 Å². The van der Waals surface area contributed by atoms with Gasteiger partial charge < -0.3 is 10.2 Å². The molecule has 2 heterocycles. The lowest BCUT2D eigenvalue weighted by atomic mass is 9.96. The van der Waals surface area contributed by atoms with Crippen LogP contribution in [0.3, 0.4) is 0 Å². The maximum absolute atomic E-state index is 11.1. The molecular weight excluding hydrogens is 232 g/mol. The van der Waals surface area contributed by atoms with Crippen molar-refractivity contribution in [3.05, 3.63) is 29.6 Å². The molecule has 0 radical (unpaired) electrons. The van der Waals surface area contributed by atoms with Gasteiger partial charge in [-0.25, -0.2) is 4.79 Å². The van der Waals surface area contributed by atoms with Crippen molar-refractivity contribution in [3.8, 4) is 0 Å². The fraction of sp³-hybridized carbons (Fsp3) is 0.538. The average molecular weight is 250 g/mol. The number of hydrogen-bond donors (Lipinski definition) is 2. The Morgan fingerprint density at radius 1 is 1.61 bits per heavy atom. The Morgan fingerprint density at radius 3 is 3.06 bits per heavy atom. The second kappa shape index (κ2) is 5.46. The first kappa shape index (κ1) is 13.0. The topological polar surface area (TPSA) is 73.7 Å². The second-order valence-electron chi connectivity index (χ2n) is 4.87. The van der Waals surface area contributed by atoms with Gasteiger partial charge in [-0.3, -0.25) is 9.88 Å². The number of aromatic carboxylic acids is 1. The molecule has 1 saturated heterocycles. The van der Waals surface area contributed by atoms with Crippen LogP contribution in [0, 0.1) is 5.92 Å². The van der Waals surface area contributed by atoms with Crippen molar-refractivity contribution >= 4 is 5.97 Å². The minimum atomic E-state index is -0.941. The van der Waals surface area contributed by atoms with Gasteiger partial charge in [0.2, 0.25) is 0 Å². The van der Waals surface area contributed by atoms with Crippen molar-refractivity contribution in [1.29, 1.82) is 0 Å². The Balaban J connectivity index is 2.08. The predicted octanol–water partition coefficient (Wildman–Crippen LogP) is 0.982. The maximum Gasteiger partial charge on any atom is 0.337 e. The highest BCUT2D eigenvalue weighted by molar-refractivity contribution is 5.88. The van der Waals surface area contributed by atoms with Crippen molar-refractivity contribution in [3.63, 3.8) is 0 Å². The van der Waals surface area contributed by atoms with E-state index in [-0.39, 0.29) is 17.6 Å². The van der Waals surface area contributed by atoms with Gasteiger partial charge in [0.1, 0.15) is 0 Å². The van der Waals surface area contributed by atoms with Crippen molar-refractivity contribution < 1.29 is 15.0 Å². The molecule has 1 aromatic heterocycles. The molecule has 2 N–H and O–H groups in total. The molecule has 0 aliphatic carbocycles. The smallest absolute Gasteiger partial charge is 0.337 e. The number of likely N-dealkylation sites (tertiary alicyclic amines) is 1. The van der Waals surface area contributed by atoms with Crippen LogP contribution in [0.5, 0.6) is 0 Å². The summed E-state index contributed by atoms with van der Waals surface area (Å²) in [5, 5.41) is 18.8. The van der Waals surface area contributed by atoms with Gasteiger partial charge in [-0.05, 0) is 24.5 Å². The van der Waals surface area contributed by atoms with Crippen LogP contribution in [-0.4, -0.2) is 45.3 Å². The monoisotopic (exact) mass is 250 g/mol. The normalized spacial score (nSPS) is 25.0. The highest BCUT2D eigenvalue weighted by atomic mass is 16.4. The summed E-state index contributed by atoms with van der Waals surface area (Å²) in [6.07, 6.45) is 2.10. The van der Waals surface area contributed by atoms with Gasteiger partial charge >= 0.3 is 5.97 Å². The number of pyridine rings is 1. The molecule has 0 bridgehead atoms. The molecule has 1 aliphatic rings. The van der Waals surface area contributed by atoms with Crippen molar-refractivity contribution in [2.45, 2.75) is 26.0 Å². The van der Waals surface area contributed by atoms with E-state index >= 15 is 0 Å². The van der Waals surface area contributed by atoms with Crippen LogP contribution in [0.15, 0.2) is 18.3 Å². The van der Waals surface area contributed by atoms with Crippen LogP contribution >= 0.6 is 0 Å². The van der Waals surface area contributed by atoms with Crippen LogP contribution in [0.1, 0.15) is 29.4 Å². The molecule has 2 unspecified atom stereocenters. The molecule has 2 rings (SSSR count). The molecule has 2 atom stereocenters. The third-order valence-electron chi connectivity index (χ3n) is 3.44. The van der Waals surface area contributed by atoms with Gasteiger partial charge in [-0.1, -0.05) is 6.92 Å². The Bertz CT molecular complexity index is 436. The Hall–Kier alpha value is -1.46. The summed E-state index contributed by atoms with van der Waals surface area (Å²) in [6.45, 7) is 4.09. The molecular formula is C13H18N2O3. The largest absolute Gasteiger partial charge is 0.478 e. The van der Waals surface area contributed by atoms with Crippen molar-refractivity contribution in [2.75, 3.05) is 13.1 Å². The van der Waals surface area contributed by atoms with E-state index in [1.54, 1.807) is 18.3 Å². The van der Waals surface area contributed by atoms with Crippen molar-refractivity contribution in [2.24, 2.45) is 5.92 Å². The summed E-state index contributed by atoms with van der Waals surface area (Å²) in [5.41, 5.74) is 0.852. The van der Waals surface area contributed by atoms with Crippen LogP contribution in [-0.2, 0) is 6.54 Å². The molecule has 1 fully saturated rings. The Kier molecular flexibility index (Phi) is 3.93. The number of carbonyl (C=O) groups is 1. The van der Waals surface area contributed by atoms with Crippen LogP contribution < -0.4 is 0 Å². The summed E-state index contributed by atoms with van der Waals surface area (Å²) < 4.78 is 0. The number of aromatic nitrogens is 1. The van der Waals surface area contributed by atoms with E-state index in [2.05, 4.69) is 9.88 Å². The number of aliphatic hydroxyl groups excluding tert-OH is 1. The van der Waals surface area contributed by atoms with E-state index in [4.69, 9.17) is 5.11 Å². The first-order valence-corrected chi connectivity index (χ1v) is 6.15. The third kappa shape index (κ3) is 2.86. The molecule has 18 heavy (non-hydrogen) atoms. The zero-order chi connectivity index (χ0) is 13.1. The van der Waals surface area contributed by atoms with Gasteiger partial charge in [0.05, 0.1) is 17.4 Å².